The van der Waals surface area contributed by atoms with Gasteiger partial charge in [-0.2, -0.15) is 5.10 Å². The molecule has 1 aromatic carbocycles. The third-order valence-electron chi connectivity index (χ3n) is 3.17. The Morgan fingerprint density at radius 2 is 2.10 bits per heavy atom. The molecule has 106 valence electrons. The number of hydrogen-bond donors (Lipinski definition) is 1. The summed E-state index contributed by atoms with van der Waals surface area (Å²) in [5.74, 6) is -0.496. The number of nitrogen functional groups attached to an aromatic ring is 1. The smallest absolute Gasteiger partial charge is 0.357 e. The van der Waals surface area contributed by atoms with E-state index in [1.165, 1.54) is 12.3 Å². The zero-order chi connectivity index (χ0) is 14.8. The summed E-state index contributed by atoms with van der Waals surface area (Å²) in [5, 5.41) is 5.34. The molecule has 21 heavy (non-hydrogen) atoms. The van der Waals surface area contributed by atoms with Crippen LogP contribution in [0, 0.1) is 0 Å². The number of fused-ring (bicyclic) bond motifs is 1. The largest absolute Gasteiger partial charge is 0.454 e. The predicted molar refractivity (Wildman–Crippen MR) is 78.5 cm³/mol. The minimum Gasteiger partial charge on any atom is -0.454 e. The molecule has 0 saturated carbocycles. The normalized spacial score (nSPS) is 10.7. The SMILES string of the molecule is Cn1nc(COC(=O)c2ccc(N)cn2)c2ccccc21. The number of hydrogen-bond acceptors (Lipinski definition) is 5. The van der Waals surface area contributed by atoms with Crippen LogP contribution in [-0.2, 0) is 18.4 Å². The van der Waals surface area contributed by atoms with E-state index < -0.39 is 5.97 Å². The Balaban J connectivity index is 1.77. The lowest BCUT2D eigenvalue weighted by atomic mass is 10.2. The maximum absolute atomic E-state index is 11.9. The van der Waals surface area contributed by atoms with Gasteiger partial charge in [0.1, 0.15) is 18.0 Å². The van der Waals surface area contributed by atoms with Crippen LogP contribution < -0.4 is 5.73 Å². The molecule has 0 bridgehead atoms. The number of nitrogens with zero attached hydrogens (tertiary/aromatic N) is 3. The van der Waals surface area contributed by atoms with Crippen molar-refractivity contribution in [2.45, 2.75) is 6.61 Å². The third kappa shape index (κ3) is 2.55. The molecule has 0 fully saturated rings. The van der Waals surface area contributed by atoms with Gasteiger partial charge in [0.2, 0.25) is 0 Å². The van der Waals surface area contributed by atoms with Crippen molar-refractivity contribution in [3.63, 3.8) is 0 Å². The molecule has 0 amide bonds. The van der Waals surface area contributed by atoms with Gasteiger partial charge in [0.15, 0.2) is 0 Å². The van der Waals surface area contributed by atoms with E-state index in [0.717, 1.165) is 16.6 Å². The van der Waals surface area contributed by atoms with E-state index in [4.69, 9.17) is 10.5 Å². The highest BCUT2D eigenvalue weighted by Gasteiger charge is 2.12. The number of carbonyl (C=O) groups excluding carboxylic acids is 1. The van der Waals surface area contributed by atoms with Crippen LogP contribution >= 0.6 is 0 Å². The molecule has 0 radical (unpaired) electrons. The highest BCUT2D eigenvalue weighted by atomic mass is 16.5. The van der Waals surface area contributed by atoms with Gasteiger partial charge >= 0.3 is 5.97 Å². The van der Waals surface area contributed by atoms with E-state index in [2.05, 4.69) is 10.1 Å². The summed E-state index contributed by atoms with van der Waals surface area (Å²) >= 11 is 0. The standard InChI is InChI=1S/C15H14N4O2/c1-19-14-5-3-2-4-11(14)13(18-19)9-21-15(20)12-7-6-10(16)8-17-12/h2-8H,9,16H2,1H3. The molecule has 0 aliphatic carbocycles. The van der Waals surface area contributed by atoms with Crippen LogP contribution in [0.2, 0.25) is 0 Å². The predicted octanol–water partition coefficient (Wildman–Crippen LogP) is 1.91. The van der Waals surface area contributed by atoms with Crippen LogP contribution in [0.15, 0.2) is 42.6 Å². The zero-order valence-corrected chi connectivity index (χ0v) is 11.5. The van der Waals surface area contributed by atoms with Crippen LogP contribution in [0.4, 0.5) is 5.69 Å². The second-order valence-corrected chi connectivity index (χ2v) is 4.64. The van der Waals surface area contributed by atoms with Crippen molar-refractivity contribution in [2.75, 3.05) is 5.73 Å². The quantitative estimate of drug-likeness (QED) is 0.742. The Hall–Kier alpha value is -2.89. The minimum absolute atomic E-state index is 0.103. The number of rotatable bonds is 3. The number of benzene rings is 1. The molecule has 0 saturated heterocycles. The lowest BCUT2D eigenvalue weighted by Crippen LogP contribution is -2.08. The summed E-state index contributed by atoms with van der Waals surface area (Å²) in [6, 6.07) is 10.9. The van der Waals surface area contributed by atoms with E-state index in [1.54, 1.807) is 10.7 Å². The molecule has 3 aromatic rings. The van der Waals surface area contributed by atoms with Crippen LogP contribution in [0.3, 0.4) is 0 Å². The summed E-state index contributed by atoms with van der Waals surface area (Å²) in [6.45, 7) is 0.103. The van der Waals surface area contributed by atoms with Gasteiger partial charge in [-0.15, -0.1) is 0 Å². The van der Waals surface area contributed by atoms with Gasteiger partial charge in [-0.05, 0) is 18.2 Å². The minimum atomic E-state index is -0.496. The Morgan fingerprint density at radius 3 is 2.86 bits per heavy atom. The van der Waals surface area contributed by atoms with Crippen molar-refractivity contribution in [2.24, 2.45) is 7.05 Å². The van der Waals surface area contributed by atoms with Crippen molar-refractivity contribution in [1.29, 1.82) is 0 Å². The molecule has 0 atom stereocenters. The Bertz CT molecular complexity index is 793. The maximum Gasteiger partial charge on any atom is 0.357 e. The molecule has 6 heteroatoms. The summed E-state index contributed by atoms with van der Waals surface area (Å²) in [6.07, 6.45) is 1.42. The Kier molecular flexibility index (Phi) is 3.27. The number of ether oxygens (including phenoxy) is 1. The summed E-state index contributed by atoms with van der Waals surface area (Å²) in [4.78, 5) is 15.8. The average molecular weight is 282 g/mol. The maximum atomic E-state index is 11.9. The number of aryl methyl sites for hydroxylation is 1. The second-order valence-electron chi connectivity index (χ2n) is 4.64. The van der Waals surface area contributed by atoms with Gasteiger partial charge in [-0.25, -0.2) is 9.78 Å². The molecular formula is C15H14N4O2. The third-order valence-corrected chi connectivity index (χ3v) is 3.17. The number of anilines is 1. The number of carbonyl (C=O) groups is 1. The molecule has 0 unspecified atom stereocenters. The fraction of sp³-hybridized carbons (Fsp3) is 0.133. The molecular weight excluding hydrogens is 268 g/mol. The van der Waals surface area contributed by atoms with Gasteiger partial charge in [0.25, 0.3) is 0 Å². The monoisotopic (exact) mass is 282 g/mol. The summed E-state index contributed by atoms with van der Waals surface area (Å²) in [7, 11) is 1.86. The average Bonchev–Trinajstić information content (AvgIpc) is 2.83. The molecule has 6 nitrogen and oxygen atoms in total. The molecule has 2 aromatic heterocycles. The van der Waals surface area contributed by atoms with Crippen molar-refractivity contribution in [3.8, 4) is 0 Å². The molecule has 2 heterocycles. The first-order valence-electron chi connectivity index (χ1n) is 6.44. The first-order chi connectivity index (χ1) is 10.1. The first-order valence-corrected chi connectivity index (χ1v) is 6.44. The van der Waals surface area contributed by atoms with Crippen molar-refractivity contribution < 1.29 is 9.53 Å². The van der Waals surface area contributed by atoms with E-state index in [0.29, 0.717) is 5.69 Å². The zero-order valence-electron chi connectivity index (χ0n) is 11.5. The van der Waals surface area contributed by atoms with Crippen LogP contribution in [0.25, 0.3) is 10.9 Å². The van der Waals surface area contributed by atoms with Crippen LogP contribution in [0.1, 0.15) is 16.2 Å². The highest BCUT2D eigenvalue weighted by molar-refractivity contribution is 5.88. The van der Waals surface area contributed by atoms with Gasteiger partial charge < -0.3 is 10.5 Å². The fourth-order valence-electron chi connectivity index (χ4n) is 2.13. The van der Waals surface area contributed by atoms with E-state index >= 15 is 0 Å². The number of aromatic nitrogens is 3. The number of esters is 1. The number of nitrogens with two attached hydrogens (primary N) is 1. The van der Waals surface area contributed by atoms with Gasteiger partial charge in [0, 0.05) is 12.4 Å². The lowest BCUT2D eigenvalue weighted by Gasteiger charge is -2.02. The van der Waals surface area contributed by atoms with Crippen molar-refractivity contribution >= 4 is 22.6 Å². The lowest BCUT2D eigenvalue weighted by molar-refractivity contribution is 0.0462. The molecule has 0 spiro atoms. The summed E-state index contributed by atoms with van der Waals surface area (Å²) < 4.78 is 7.02. The van der Waals surface area contributed by atoms with Gasteiger partial charge in [0.05, 0.1) is 17.4 Å². The van der Waals surface area contributed by atoms with Crippen molar-refractivity contribution in [3.05, 3.63) is 54.0 Å². The molecule has 3 rings (SSSR count). The fourth-order valence-corrected chi connectivity index (χ4v) is 2.13. The van der Waals surface area contributed by atoms with E-state index in [9.17, 15) is 4.79 Å². The van der Waals surface area contributed by atoms with Crippen LogP contribution in [0.5, 0.6) is 0 Å². The molecule has 0 aliphatic heterocycles. The molecule has 2 N–H and O–H groups in total. The second kappa shape index (κ2) is 5.24. The Morgan fingerprint density at radius 1 is 1.29 bits per heavy atom. The Labute approximate surface area is 121 Å². The van der Waals surface area contributed by atoms with E-state index in [-0.39, 0.29) is 12.3 Å². The molecule has 0 aliphatic rings. The van der Waals surface area contributed by atoms with Crippen LogP contribution in [-0.4, -0.2) is 20.7 Å². The number of para-hydroxylation sites is 1. The van der Waals surface area contributed by atoms with Gasteiger partial charge in [-0.3, -0.25) is 4.68 Å². The van der Waals surface area contributed by atoms with E-state index in [1.807, 2.05) is 31.3 Å². The first kappa shape index (κ1) is 13.1. The topological polar surface area (TPSA) is 83.0 Å². The van der Waals surface area contributed by atoms with Gasteiger partial charge in [-0.1, -0.05) is 18.2 Å². The highest BCUT2D eigenvalue weighted by Crippen LogP contribution is 2.18. The van der Waals surface area contributed by atoms with Crippen molar-refractivity contribution in [1.82, 2.24) is 14.8 Å². The number of pyridine rings is 1. The summed E-state index contributed by atoms with van der Waals surface area (Å²) in [5.41, 5.74) is 7.97.